The maximum Gasteiger partial charge on any atom is 0.230 e. The van der Waals surface area contributed by atoms with E-state index in [2.05, 4.69) is 52.0 Å². The molecule has 1 N–H and O–H groups in total. The number of aromatic nitrogens is 4. The van der Waals surface area contributed by atoms with E-state index in [0.29, 0.717) is 23.4 Å². The number of thioether (sulfide) groups is 1. The number of amides is 1. The van der Waals surface area contributed by atoms with Crippen LogP contribution in [0.2, 0.25) is 0 Å². The Morgan fingerprint density at radius 2 is 2.00 bits per heavy atom. The van der Waals surface area contributed by atoms with Gasteiger partial charge in [0, 0.05) is 0 Å². The van der Waals surface area contributed by atoms with Gasteiger partial charge in [0.1, 0.15) is 11.4 Å². The largest absolute Gasteiger partial charge is 0.492 e. The van der Waals surface area contributed by atoms with Crippen LogP contribution in [0.5, 0.6) is 5.75 Å². The fraction of sp³-hybridized carbons (Fsp3) is 0.364. The van der Waals surface area contributed by atoms with E-state index in [1.807, 2.05) is 31.2 Å². The van der Waals surface area contributed by atoms with Gasteiger partial charge in [0.15, 0.2) is 0 Å². The van der Waals surface area contributed by atoms with E-state index in [-0.39, 0.29) is 17.7 Å². The molecular weight excluding hydrogens is 398 g/mol. The van der Waals surface area contributed by atoms with Gasteiger partial charge < -0.3 is 10.1 Å². The minimum atomic E-state index is -0.0230. The molecule has 1 amide bonds. The van der Waals surface area contributed by atoms with Crippen molar-refractivity contribution < 1.29 is 9.53 Å². The van der Waals surface area contributed by atoms with Gasteiger partial charge in [0.05, 0.1) is 18.4 Å². The second kappa shape index (κ2) is 9.30. The molecule has 1 saturated carbocycles. The van der Waals surface area contributed by atoms with Gasteiger partial charge in [-0.25, -0.2) is 0 Å². The van der Waals surface area contributed by atoms with E-state index >= 15 is 0 Å². The normalized spacial score (nSPS) is 14.3. The first kappa shape index (κ1) is 20.4. The van der Waals surface area contributed by atoms with Crippen molar-refractivity contribution in [2.24, 2.45) is 5.92 Å². The van der Waals surface area contributed by atoms with Crippen molar-refractivity contribution >= 4 is 17.7 Å². The van der Waals surface area contributed by atoms with Gasteiger partial charge in [-0.05, 0) is 60.7 Å². The van der Waals surface area contributed by atoms with Crippen LogP contribution in [0, 0.1) is 12.8 Å². The number of tetrazole rings is 1. The van der Waals surface area contributed by atoms with Crippen molar-refractivity contribution in [1.29, 1.82) is 0 Å². The summed E-state index contributed by atoms with van der Waals surface area (Å²) in [5.41, 5.74) is 3.13. The van der Waals surface area contributed by atoms with Gasteiger partial charge in [0.2, 0.25) is 11.1 Å². The molecule has 1 aliphatic rings. The van der Waals surface area contributed by atoms with Crippen molar-refractivity contribution in [3.63, 3.8) is 0 Å². The molecule has 0 spiro atoms. The average molecular weight is 424 g/mol. The summed E-state index contributed by atoms with van der Waals surface area (Å²) in [4.78, 5) is 12.7. The molecule has 1 heterocycles. The molecule has 0 aliphatic heterocycles. The number of hydrogen-bond donors (Lipinski definition) is 1. The van der Waals surface area contributed by atoms with Crippen molar-refractivity contribution in [3.05, 3.63) is 59.7 Å². The molecule has 1 aromatic heterocycles. The number of para-hydroxylation sites is 2. The van der Waals surface area contributed by atoms with Crippen molar-refractivity contribution in [1.82, 2.24) is 25.5 Å². The quantitative estimate of drug-likeness (QED) is 0.528. The molecule has 8 heteroatoms. The summed E-state index contributed by atoms with van der Waals surface area (Å²) < 4.78 is 7.29. The van der Waals surface area contributed by atoms with Gasteiger partial charge in [-0.3, -0.25) is 4.79 Å². The zero-order valence-corrected chi connectivity index (χ0v) is 17.9. The van der Waals surface area contributed by atoms with Crippen molar-refractivity contribution in [2.45, 2.75) is 37.9 Å². The monoisotopic (exact) mass is 423 g/mol. The van der Waals surface area contributed by atoms with E-state index in [0.717, 1.165) is 24.1 Å². The zero-order valence-electron chi connectivity index (χ0n) is 17.1. The minimum Gasteiger partial charge on any atom is -0.492 e. The van der Waals surface area contributed by atoms with E-state index in [1.165, 1.54) is 17.3 Å². The van der Waals surface area contributed by atoms with E-state index in [9.17, 15) is 4.79 Å². The Hall–Kier alpha value is -2.87. The Bertz CT molecular complexity index is 1000. The highest BCUT2D eigenvalue weighted by atomic mass is 32.2. The van der Waals surface area contributed by atoms with Gasteiger partial charge in [-0.15, -0.1) is 5.10 Å². The molecule has 2 aromatic carbocycles. The maximum atomic E-state index is 12.7. The Balaban J connectivity index is 1.42. The summed E-state index contributed by atoms with van der Waals surface area (Å²) in [5.74, 6) is 1.44. The van der Waals surface area contributed by atoms with Crippen LogP contribution in [0.15, 0.2) is 53.7 Å². The molecule has 156 valence electrons. The highest BCUT2D eigenvalue weighted by Crippen LogP contribution is 2.41. The van der Waals surface area contributed by atoms with Crippen LogP contribution in [0.1, 0.15) is 36.9 Å². The topological polar surface area (TPSA) is 81.9 Å². The first-order valence-corrected chi connectivity index (χ1v) is 11.1. The Labute approximate surface area is 180 Å². The van der Waals surface area contributed by atoms with Crippen LogP contribution in [0.25, 0.3) is 5.69 Å². The number of nitrogens with one attached hydrogen (secondary N) is 1. The summed E-state index contributed by atoms with van der Waals surface area (Å²) in [7, 11) is 0. The number of ether oxygens (including phenoxy) is 1. The Morgan fingerprint density at radius 3 is 2.73 bits per heavy atom. The minimum absolute atomic E-state index is 0.0230. The molecule has 0 saturated heterocycles. The van der Waals surface area contributed by atoms with Crippen molar-refractivity contribution in [3.8, 4) is 11.4 Å². The van der Waals surface area contributed by atoms with Crippen LogP contribution in [0.4, 0.5) is 0 Å². The smallest absolute Gasteiger partial charge is 0.230 e. The molecule has 0 radical (unpaired) electrons. The molecular formula is C22H25N5O2S. The van der Waals surface area contributed by atoms with E-state index in [4.69, 9.17) is 4.74 Å². The van der Waals surface area contributed by atoms with Gasteiger partial charge in [-0.1, -0.05) is 53.7 Å². The summed E-state index contributed by atoms with van der Waals surface area (Å²) in [6.07, 6.45) is 2.30. The third-order valence-corrected chi connectivity index (χ3v) is 5.93. The molecule has 1 aliphatic carbocycles. The lowest BCUT2D eigenvalue weighted by atomic mass is 10.0. The molecule has 1 fully saturated rings. The summed E-state index contributed by atoms with van der Waals surface area (Å²) in [6, 6.07) is 16.0. The molecule has 1 atom stereocenters. The molecule has 1 unspecified atom stereocenters. The number of nitrogens with zero attached hydrogens (tertiary/aromatic N) is 4. The standard InChI is InChI=1S/C22H25N5O2S/c1-3-29-19-7-5-4-6-18(19)27-22(24-25-26-27)30-14-20(28)23-21(17-12-13-17)16-10-8-15(2)9-11-16/h4-11,17,21H,3,12-14H2,1-2H3,(H,23,28). The Morgan fingerprint density at radius 1 is 1.23 bits per heavy atom. The third kappa shape index (κ3) is 4.81. The maximum absolute atomic E-state index is 12.7. The van der Waals surface area contributed by atoms with Crippen LogP contribution < -0.4 is 10.1 Å². The second-order valence-electron chi connectivity index (χ2n) is 7.36. The van der Waals surface area contributed by atoms with Gasteiger partial charge >= 0.3 is 0 Å². The number of carbonyl (C=O) groups is 1. The predicted molar refractivity (Wildman–Crippen MR) is 116 cm³/mol. The fourth-order valence-corrected chi connectivity index (χ4v) is 4.05. The molecule has 4 rings (SSSR count). The first-order chi connectivity index (χ1) is 14.7. The number of benzene rings is 2. The number of aryl methyl sites for hydroxylation is 1. The fourth-order valence-electron chi connectivity index (χ4n) is 3.35. The van der Waals surface area contributed by atoms with Crippen LogP contribution in [0.3, 0.4) is 0 Å². The van der Waals surface area contributed by atoms with Crippen molar-refractivity contribution in [2.75, 3.05) is 12.4 Å². The Kier molecular flexibility index (Phi) is 6.32. The van der Waals surface area contributed by atoms with E-state index < -0.39 is 0 Å². The third-order valence-electron chi connectivity index (χ3n) is 5.01. The van der Waals surface area contributed by atoms with Gasteiger partial charge in [0.25, 0.3) is 0 Å². The lowest BCUT2D eigenvalue weighted by Gasteiger charge is -2.19. The number of hydrogen-bond acceptors (Lipinski definition) is 6. The highest BCUT2D eigenvalue weighted by Gasteiger charge is 2.33. The average Bonchev–Trinajstić information content (AvgIpc) is 3.49. The molecule has 7 nitrogen and oxygen atoms in total. The zero-order chi connectivity index (χ0) is 20.9. The van der Waals surface area contributed by atoms with Crippen LogP contribution >= 0.6 is 11.8 Å². The second-order valence-corrected chi connectivity index (χ2v) is 8.30. The first-order valence-electron chi connectivity index (χ1n) is 10.1. The number of carbonyl (C=O) groups excluding carboxylic acids is 1. The van der Waals surface area contributed by atoms with Crippen LogP contribution in [-0.4, -0.2) is 38.5 Å². The lowest BCUT2D eigenvalue weighted by Crippen LogP contribution is -2.31. The lowest BCUT2D eigenvalue weighted by molar-refractivity contribution is -0.119. The predicted octanol–water partition coefficient (Wildman–Crippen LogP) is 3.73. The molecule has 30 heavy (non-hydrogen) atoms. The molecule has 0 bridgehead atoms. The SMILES string of the molecule is CCOc1ccccc1-n1nnnc1SCC(=O)NC(c1ccc(C)cc1)C1CC1. The summed E-state index contributed by atoms with van der Waals surface area (Å²) in [5, 5.41) is 15.7. The number of rotatable bonds is 9. The molecule has 3 aromatic rings. The summed E-state index contributed by atoms with van der Waals surface area (Å²) in [6.45, 7) is 4.55. The van der Waals surface area contributed by atoms with Crippen LogP contribution in [-0.2, 0) is 4.79 Å². The highest BCUT2D eigenvalue weighted by molar-refractivity contribution is 7.99. The van der Waals surface area contributed by atoms with Gasteiger partial charge in [-0.2, -0.15) is 4.68 Å². The summed E-state index contributed by atoms with van der Waals surface area (Å²) >= 11 is 1.31. The van der Waals surface area contributed by atoms with E-state index in [1.54, 1.807) is 4.68 Å².